The maximum Gasteiger partial charge on any atom is 0.232 e. The zero-order valence-electron chi connectivity index (χ0n) is 9.79. The van der Waals surface area contributed by atoms with Gasteiger partial charge >= 0.3 is 0 Å². The molecule has 0 unspecified atom stereocenters. The van der Waals surface area contributed by atoms with Gasteiger partial charge in [-0.1, -0.05) is 35.5 Å². The second-order valence-corrected chi connectivity index (χ2v) is 3.65. The van der Waals surface area contributed by atoms with E-state index in [4.69, 9.17) is 26.5 Å². The van der Waals surface area contributed by atoms with Crippen molar-refractivity contribution in [3.05, 3.63) is 41.5 Å². The van der Waals surface area contributed by atoms with Crippen molar-refractivity contribution in [2.24, 2.45) is 5.73 Å². The highest BCUT2D eigenvalue weighted by Crippen LogP contribution is 2.31. The Labute approximate surface area is 109 Å². The molecule has 6 heteroatoms. The van der Waals surface area contributed by atoms with Crippen molar-refractivity contribution in [3.8, 4) is 23.4 Å². The molecule has 0 spiro atoms. The van der Waals surface area contributed by atoms with Crippen LogP contribution in [-0.4, -0.2) is 5.16 Å². The lowest BCUT2D eigenvalue weighted by Gasteiger charge is -2.02. The van der Waals surface area contributed by atoms with Crippen LogP contribution in [0, 0.1) is 22.7 Å². The minimum Gasteiger partial charge on any atom is -0.396 e. The van der Waals surface area contributed by atoms with Gasteiger partial charge in [0.05, 0.1) is 11.3 Å². The van der Waals surface area contributed by atoms with Crippen LogP contribution in [0.3, 0.4) is 0 Å². The molecule has 2 aromatic rings. The SMILES string of the molecule is N#CC(C#N)=C(N)c1c(-c2ccccc2)noc1N. The van der Waals surface area contributed by atoms with Gasteiger partial charge in [-0.2, -0.15) is 10.5 Å². The molecule has 0 aliphatic carbocycles. The van der Waals surface area contributed by atoms with E-state index in [1.165, 1.54) is 0 Å². The van der Waals surface area contributed by atoms with Gasteiger partial charge in [0.25, 0.3) is 0 Å². The third kappa shape index (κ3) is 2.11. The van der Waals surface area contributed by atoms with Crippen LogP contribution < -0.4 is 11.5 Å². The number of aromatic nitrogens is 1. The molecule has 19 heavy (non-hydrogen) atoms. The van der Waals surface area contributed by atoms with Gasteiger partial charge in [0.1, 0.15) is 17.8 Å². The smallest absolute Gasteiger partial charge is 0.232 e. The number of nitrogens with two attached hydrogens (primary N) is 2. The number of nitrogens with zero attached hydrogens (tertiary/aromatic N) is 3. The monoisotopic (exact) mass is 251 g/mol. The normalized spacial score (nSPS) is 9.37. The van der Waals surface area contributed by atoms with Gasteiger partial charge in [0, 0.05) is 5.56 Å². The molecule has 0 amide bonds. The molecule has 1 aromatic carbocycles. The minimum atomic E-state index is -0.230. The van der Waals surface area contributed by atoms with Crippen molar-refractivity contribution in [1.29, 1.82) is 10.5 Å². The van der Waals surface area contributed by atoms with Crippen molar-refractivity contribution in [2.75, 3.05) is 5.73 Å². The molecule has 92 valence electrons. The molecular formula is C13H9N5O. The Hall–Kier alpha value is -3.25. The van der Waals surface area contributed by atoms with E-state index in [1.807, 2.05) is 18.2 Å². The lowest BCUT2D eigenvalue weighted by molar-refractivity contribution is 0.439. The van der Waals surface area contributed by atoms with E-state index >= 15 is 0 Å². The quantitative estimate of drug-likeness (QED) is 0.781. The Kier molecular flexibility index (Phi) is 3.18. The summed E-state index contributed by atoms with van der Waals surface area (Å²) < 4.78 is 4.91. The number of rotatable bonds is 2. The van der Waals surface area contributed by atoms with E-state index in [1.54, 1.807) is 24.3 Å². The Bertz CT molecular complexity index is 700. The molecule has 0 saturated heterocycles. The van der Waals surface area contributed by atoms with Gasteiger partial charge in [0.15, 0.2) is 5.57 Å². The first-order valence-corrected chi connectivity index (χ1v) is 5.30. The molecule has 2 rings (SSSR count). The number of nitriles is 2. The molecule has 0 saturated carbocycles. The molecule has 1 heterocycles. The minimum absolute atomic E-state index is 0.0284. The molecule has 0 aliphatic rings. The molecule has 1 aromatic heterocycles. The second-order valence-electron chi connectivity index (χ2n) is 3.65. The summed E-state index contributed by atoms with van der Waals surface area (Å²) in [6, 6.07) is 12.5. The molecule has 0 atom stereocenters. The lowest BCUT2D eigenvalue weighted by atomic mass is 10.0. The van der Waals surface area contributed by atoms with E-state index in [9.17, 15) is 0 Å². The van der Waals surface area contributed by atoms with Crippen molar-refractivity contribution in [3.63, 3.8) is 0 Å². The highest BCUT2D eigenvalue weighted by Gasteiger charge is 2.20. The Morgan fingerprint density at radius 1 is 1.16 bits per heavy atom. The molecule has 4 N–H and O–H groups in total. The number of benzene rings is 1. The van der Waals surface area contributed by atoms with Crippen LogP contribution in [0.5, 0.6) is 0 Å². The predicted octanol–water partition coefficient (Wildman–Crippen LogP) is 1.64. The van der Waals surface area contributed by atoms with Crippen LogP contribution in [0.2, 0.25) is 0 Å². The molecular weight excluding hydrogens is 242 g/mol. The Morgan fingerprint density at radius 3 is 2.37 bits per heavy atom. The fourth-order valence-electron chi connectivity index (χ4n) is 1.63. The van der Waals surface area contributed by atoms with Crippen molar-refractivity contribution < 1.29 is 4.52 Å². The number of nitrogen functional groups attached to an aromatic ring is 1. The van der Waals surface area contributed by atoms with Crippen LogP contribution >= 0.6 is 0 Å². The van der Waals surface area contributed by atoms with Gasteiger partial charge in [-0.3, -0.25) is 0 Å². The van der Waals surface area contributed by atoms with Gasteiger partial charge in [-0.25, -0.2) is 0 Å². The van der Waals surface area contributed by atoms with Crippen molar-refractivity contribution in [1.82, 2.24) is 5.16 Å². The highest BCUT2D eigenvalue weighted by atomic mass is 16.5. The molecule has 6 nitrogen and oxygen atoms in total. The molecule has 0 fully saturated rings. The van der Waals surface area contributed by atoms with Crippen LogP contribution in [-0.2, 0) is 0 Å². The Morgan fingerprint density at radius 2 is 1.79 bits per heavy atom. The maximum atomic E-state index is 8.85. The van der Waals surface area contributed by atoms with Crippen molar-refractivity contribution in [2.45, 2.75) is 0 Å². The summed E-state index contributed by atoms with van der Waals surface area (Å²) >= 11 is 0. The fourth-order valence-corrected chi connectivity index (χ4v) is 1.63. The summed E-state index contributed by atoms with van der Waals surface area (Å²) in [6.45, 7) is 0. The van der Waals surface area contributed by atoms with Crippen LogP contribution in [0.25, 0.3) is 17.0 Å². The van der Waals surface area contributed by atoms with Gasteiger partial charge < -0.3 is 16.0 Å². The summed E-state index contributed by atoms with van der Waals surface area (Å²) in [6.07, 6.45) is 0. The van der Waals surface area contributed by atoms with Crippen LogP contribution in [0.4, 0.5) is 5.88 Å². The summed E-state index contributed by atoms with van der Waals surface area (Å²) in [5.41, 5.74) is 12.6. The third-order valence-electron chi connectivity index (χ3n) is 2.53. The summed E-state index contributed by atoms with van der Waals surface area (Å²) in [7, 11) is 0. The Balaban J connectivity index is 2.68. The summed E-state index contributed by atoms with van der Waals surface area (Å²) in [5.74, 6) is -0.0284. The fraction of sp³-hybridized carbons (Fsp3) is 0. The maximum absolute atomic E-state index is 8.85. The van der Waals surface area contributed by atoms with E-state index in [-0.39, 0.29) is 22.7 Å². The third-order valence-corrected chi connectivity index (χ3v) is 2.53. The zero-order chi connectivity index (χ0) is 13.8. The number of hydrogen-bond acceptors (Lipinski definition) is 6. The molecule has 0 radical (unpaired) electrons. The number of allylic oxidation sites excluding steroid dienone is 1. The molecule has 0 bridgehead atoms. The largest absolute Gasteiger partial charge is 0.396 e. The predicted molar refractivity (Wildman–Crippen MR) is 68.7 cm³/mol. The van der Waals surface area contributed by atoms with Gasteiger partial charge in [-0.15, -0.1) is 0 Å². The van der Waals surface area contributed by atoms with Crippen molar-refractivity contribution >= 4 is 11.6 Å². The first-order valence-electron chi connectivity index (χ1n) is 5.30. The van der Waals surface area contributed by atoms with Crippen LogP contribution in [0.15, 0.2) is 40.4 Å². The van der Waals surface area contributed by atoms with E-state index in [0.29, 0.717) is 5.69 Å². The zero-order valence-corrected chi connectivity index (χ0v) is 9.79. The summed E-state index contributed by atoms with van der Waals surface area (Å²) in [5, 5.41) is 21.5. The number of anilines is 1. The topological polar surface area (TPSA) is 126 Å². The van der Waals surface area contributed by atoms with E-state index in [0.717, 1.165) is 5.56 Å². The lowest BCUT2D eigenvalue weighted by Crippen LogP contribution is -2.03. The van der Waals surface area contributed by atoms with Gasteiger partial charge in [-0.05, 0) is 0 Å². The second kappa shape index (κ2) is 4.94. The van der Waals surface area contributed by atoms with Crippen LogP contribution in [0.1, 0.15) is 5.56 Å². The standard InChI is InChI=1S/C13H9N5O/c14-6-9(7-15)11(16)10-12(18-19-13(10)17)8-4-2-1-3-5-8/h1-5H,16-17H2. The average Bonchev–Trinajstić information content (AvgIpc) is 2.83. The van der Waals surface area contributed by atoms with E-state index < -0.39 is 0 Å². The van der Waals surface area contributed by atoms with E-state index in [2.05, 4.69) is 5.16 Å². The highest BCUT2D eigenvalue weighted by molar-refractivity contribution is 5.86. The number of hydrogen-bond donors (Lipinski definition) is 2. The van der Waals surface area contributed by atoms with Gasteiger partial charge in [0.2, 0.25) is 5.88 Å². The summed E-state index contributed by atoms with van der Waals surface area (Å²) in [4.78, 5) is 0. The molecule has 0 aliphatic heterocycles. The first-order chi connectivity index (χ1) is 9.19. The first kappa shape index (κ1) is 12.2. The average molecular weight is 251 g/mol.